The number of amides is 2. The van der Waals surface area contributed by atoms with Gasteiger partial charge in [-0.1, -0.05) is 18.2 Å². The van der Waals surface area contributed by atoms with E-state index in [9.17, 15) is 19.7 Å². The standard InChI is InChI=1S/C20H17BrN4O4/c21-16-6-2-5-14-15-11-24(8-7-17(15)23-19(14)16)18(26)10-22-20(27)12-3-1-4-13(9-12)25(28)29/h1-6,9,23H,7-8,10-11H2,(H,22,27). The molecule has 1 aliphatic heterocycles. The Morgan fingerprint density at radius 3 is 2.83 bits per heavy atom. The van der Waals surface area contributed by atoms with E-state index in [0.29, 0.717) is 19.5 Å². The predicted octanol–water partition coefficient (Wildman–Crippen LogP) is 3.15. The van der Waals surface area contributed by atoms with Crippen LogP contribution in [-0.4, -0.2) is 39.7 Å². The monoisotopic (exact) mass is 456 g/mol. The SMILES string of the molecule is O=C(NCC(=O)N1CCc2[nH]c3c(Br)cccc3c2C1)c1cccc([N+](=O)[O-])c1. The third-order valence-electron chi connectivity index (χ3n) is 5.03. The van der Waals surface area contributed by atoms with Gasteiger partial charge in [-0.05, 0) is 28.1 Å². The number of carbonyl (C=O) groups excluding carboxylic acids is 2. The van der Waals surface area contributed by atoms with E-state index >= 15 is 0 Å². The number of para-hydroxylation sites is 1. The molecule has 9 heteroatoms. The molecule has 3 aromatic rings. The highest BCUT2D eigenvalue weighted by molar-refractivity contribution is 9.10. The summed E-state index contributed by atoms with van der Waals surface area (Å²) in [4.78, 5) is 40.3. The molecule has 4 rings (SSSR count). The smallest absolute Gasteiger partial charge is 0.270 e. The first-order valence-electron chi connectivity index (χ1n) is 9.02. The lowest BCUT2D eigenvalue weighted by atomic mass is 10.0. The van der Waals surface area contributed by atoms with Gasteiger partial charge in [0.15, 0.2) is 0 Å². The Morgan fingerprint density at radius 2 is 2.03 bits per heavy atom. The highest BCUT2D eigenvalue weighted by Crippen LogP contribution is 2.31. The average molecular weight is 457 g/mol. The molecular formula is C20H17BrN4O4. The number of H-pyrrole nitrogens is 1. The molecule has 0 fully saturated rings. The summed E-state index contributed by atoms with van der Waals surface area (Å²) in [5.74, 6) is -0.713. The number of carbonyl (C=O) groups is 2. The molecule has 0 saturated heterocycles. The topological polar surface area (TPSA) is 108 Å². The normalized spacial score (nSPS) is 13.2. The average Bonchev–Trinajstić information content (AvgIpc) is 3.11. The third-order valence-corrected chi connectivity index (χ3v) is 5.69. The Hall–Kier alpha value is -3.20. The molecule has 0 atom stereocenters. The van der Waals surface area contributed by atoms with Gasteiger partial charge in [-0.15, -0.1) is 0 Å². The number of nitro benzene ring substituents is 1. The number of aromatic nitrogens is 1. The molecule has 2 amide bonds. The van der Waals surface area contributed by atoms with Crippen molar-refractivity contribution in [2.75, 3.05) is 13.1 Å². The van der Waals surface area contributed by atoms with Crippen molar-refractivity contribution in [1.82, 2.24) is 15.2 Å². The fourth-order valence-corrected chi connectivity index (χ4v) is 4.01. The van der Waals surface area contributed by atoms with Crippen molar-refractivity contribution in [3.05, 3.63) is 73.9 Å². The van der Waals surface area contributed by atoms with Crippen LogP contribution in [0.15, 0.2) is 46.9 Å². The number of aromatic amines is 1. The Kier molecular flexibility index (Phi) is 5.06. The number of rotatable bonds is 4. The fraction of sp³-hybridized carbons (Fsp3) is 0.200. The van der Waals surface area contributed by atoms with E-state index in [2.05, 4.69) is 26.2 Å². The minimum absolute atomic E-state index is 0.148. The number of halogens is 1. The first-order valence-corrected chi connectivity index (χ1v) is 9.81. The molecule has 8 nitrogen and oxygen atoms in total. The van der Waals surface area contributed by atoms with Gasteiger partial charge in [-0.3, -0.25) is 19.7 Å². The van der Waals surface area contributed by atoms with Gasteiger partial charge >= 0.3 is 0 Å². The second kappa shape index (κ2) is 7.67. The van der Waals surface area contributed by atoms with Crippen molar-refractivity contribution >= 4 is 44.3 Å². The first kappa shape index (κ1) is 19.1. The van der Waals surface area contributed by atoms with E-state index in [4.69, 9.17) is 0 Å². The Balaban J connectivity index is 1.43. The third kappa shape index (κ3) is 3.73. The summed E-state index contributed by atoms with van der Waals surface area (Å²) >= 11 is 3.54. The largest absolute Gasteiger partial charge is 0.357 e. The van der Waals surface area contributed by atoms with Gasteiger partial charge in [0.1, 0.15) is 0 Å². The number of nitrogens with zero attached hydrogens (tertiary/aromatic N) is 2. The van der Waals surface area contributed by atoms with Gasteiger partial charge in [-0.25, -0.2) is 0 Å². The molecule has 1 aromatic heterocycles. The molecule has 0 unspecified atom stereocenters. The minimum atomic E-state index is -0.563. The van der Waals surface area contributed by atoms with Crippen LogP contribution in [0.3, 0.4) is 0 Å². The van der Waals surface area contributed by atoms with E-state index in [-0.39, 0.29) is 23.7 Å². The summed E-state index contributed by atoms with van der Waals surface area (Å²) < 4.78 is 0.978. The van der Waals surface area contributed by atoms with E-state index in [1.165, 1.54) is 24.3 Å². The summed E-state index contributed by atoms with van der Waals surface area (Å²) in [6, 6.07) is 11.4. The van der Waals surface area contributed by atoms with Gasteiger partial charge in [0.2, 0.25) is 5.91 Å². The Bertz CT molecular complexity index is 1140. The van der Waals surface area contributed by atoms with Gasteiger partial charge < -0.3 is 15.2 Å². The van der Waals surface area contributed by atoms with Crippen molar-refractivity contribution in [3.63, 3.8) is 0 Å². The maximum absolute atomic E-state index is 12.6. The fourth-order valence-electron chi connectivity index (χ4n) is 3.55. The van der Waals surface area contributed by atoms with Gasteiger partial charge in [-0.2, -0.15) is 0 Å². The van der Waals surface area contributed by atoms with Crippen LogP contribution in [0.5, 0.6) is 0 Å². The Morgan fingerprint density at radius 1 is 1.24 bits per heavy atom. The van der Waals surface area contributed by atoms with Crippen molar-refractivity contribution in [3.8, 4) is 0 Å². The van der Waals surface area contributed by atoms with Crippen LogP contribution >= 0.6 is 15.9 Å². The van der Waals surface area contributed by atoms with Crippen LogP contribution in [0.1, 0.15) is 21.6 Å². The van der Waals surface area contributed by atoms with Crippen LogP contribution in [0, 0.1) is 10.1 Å². The molecule has 148 valence electrons. The molecule has 2 N–H and O–H groups in total. The van der Waals surface area contributed by atoms with E-state index in [0.717, 1.165) is 26.6 Å². The zero-order chi connectivity index (χ0) is 20.5. The summed E-state index contributed by atoms with van der Waals surface area (Å²) in [6.07, 6.45) is 0.709. The van der Waals surface area contributed by atoms with Crippen molar-refractivity contribution in [1.29, 1.82) is 0 Å². The Labute approximate surface area is 174 Å². The van der Waals surface area contributed by atoms with Crippen LogP contribution < -0.4 is 5.32 Å². The second-order valence-electron chi connectivity index (χ2n) is 6.80. The maximum Gasteiger partial charge on any atom is 0.270 e. The van der Waals surface area contributed by atoms with Gasteiger partial charge in [0, 0.05) is 58.3 Å². The predicted molar refractivity (Wildman–Crippen MR) is 111 cm³/mol. The number of hydrogen-bond acceptors (Lipinski definition) is 4. The molecule has 1 aliphatic rings. The molecule has 0 radical (unpaired) electrons. The lowest BCUT2D eigenvalue weighted by Crippen LogP contribution is -2.42. The van der Waals surface area contributed by atoms with Crippen LogP contribution in [0.4, 0.5) is 5.69 Å². The van der Waals surface area contributed by atoms with Crippen molar-refractivity contribution in [2.45, 2.75) is 13.0 Å². The van der Waals surface area contributed by atoms with Gasteiger partial charge in [0.25, 0.3) is 11.6 Å². The number of non-ortho nitro benzene ring substituents is 1. The summed E-state index contributed by atoms with van der Waals surface area (Å²) in [7, 11) is 0. The first-order chi connectivity index (χ1) is 13.9. The van der Waals surface area contributed by atoms with Crippen LogP contribution in [0.2, 0.25) is 0 Å². The van der Waals surface area contributed by atoms with Crippen LogP contribution in [-0.2, 0) is 17.8 Å². The van der Waals surface area contributed by atoms with Crippen molar-refractivity contribution < 1.29 is 14.5 Å². The number of nitro groups is 1. The quantitative estimate of drug-likeness (QED) is 0.464. The molecule has 0 aliphatic carbocycles. The van der Waals surface area contributed by atoms with E-state index in [1.54, 1.807) is 4.90 Å². The zero-order valence-corrected chi connectivity index (χ0v) is 16.9. The van der Waals surface area contributed by atoms with Crippen LogP contribution in [0.25, 0.3) is 10.9 Å². The number of nitrogens with one attached hydrogen (secondary N) is 2. The summed E-state index contributed by atoms with van der Waals surface area (Å²) in [5.41, 5.74) is 3.21. The molecular weight excluding hydrogens is 440 g/mol. The molecule has 0 bridgehead atoms. The van der Waals surface area contributed by atoms with E-state index in [1.807, 2.05) is 18.2 Å². The van der Waals surface area contributed by atoms with E-state index < -0.39 is 10.8 Å². The zero-order valence-electron chi connectivity index (χ0n) is 15.3. The molecule has 2 aromatic carbocycles. The molecule has 2 heterocycles. The molecule has 0 saturated carbocycles. The highest BCUT2D eigenvalue weighted by atomic mass is 79.9. The molecule has 0 spiro atoms. The van der Waals surface area contributed by atoms with Crippen molar-refractivity contribution in [2.24, 2.45) is 0 Å². The second-order valence-corrected chi connectivity index (χ2v) is 7.65. The number of hydrogen-bond donors (Lipinski definition) is 2. The number of fused-ring (bicyclic) bond motifs is 3. The van der Waals surface area contributed by atoms with Gasteiger partial charge in [0.05, 0.1) is 17.0 Å². The summed E-state index contributed by atoms with van der Waals surface area (Å²) in [5, 5.41) is 14.5. The summed E-state index contributed by atoms with van der Waals surface area (Å²) in [6.45, 7) is 0.864. The minimum Gasteiger partial charge on any atom is -0.357 e. The lowest BCUT2D eigenvalue weighted by molar-refractivity contribution is -0.384. The lowest BCUT2D eigenvalue weighted by Gasteiger charge is -2.27. The number of benzene rings is 2. The highest BCUT2D eigenvalue weighted by Gasteiger charge is 2.25. The maximum atomic E-state index is 12.6. The molecule has 29 heavy (non-hydrogen) atoms.